The van der Waals surface area contributed by atoms with Gasteiger partial charge in [0.05, 0.1) is 12.4 Å². The van der Waals surface area contributed by atoms with Crippen molar-refractivity contribution in [2.45, 2.75) is 25.9 Å². The predicted molar refractivity (Wildman–Crippen MR) is 58.0 cm³/mol. The molecule has 1 heterocycles. The zero-order valence-electron chi connectivity index (χ0n) is 9.56. The summed E-state index contributed by atoms with van der Waals surface area (Å²) in [5.41, 5.74) is 0.108. The first kappa shape index (κ1) is 11.4. The van der Waals surface area contributed by atoms with Gasteiger partial charge in [0.2, 0.25) is 10.0 Å². The lowest BCUT2D eigenvalue weighted by molar-refractivity contribution is -0.0706. The van der Waals surface area contributed by atoms with E-state index in [0.717, 1.165) is 12.8 Å². The first-order chi connectivity index (χ1) is 6.89. The number of hydrogen-bond acceptors (Lipinski definition) is 3. The molecule has 2 aliphatic rings. The highest BCUT2D eigenvalue weighted by molar-refractivity contribution is 7.88. The van der Waals surface area contributed by atoms with Gasteiger partial charge < -0.3 is 4.74 Å². The van der Waals surface area contributed by atoms with Crippen LogP contribution in [0.4, 0.5) is 0 Å². The second-order valence-corrected chi connectivity index (χ2v) is 7.05. The van der Waals surface area contributed by atoms with Gasteiger partial charge in [0.15, 0.2) is 0 Å². The van der Waals surface area contributed by atoms with Crippen LogP contribution in [0.5, 0.6) is 0 Å². The molecule has 1 saturated carbocycles. The van der Waals surface area contributed by atoms with E-state index in [0.29, 0.717) is 19.0 Å². The number of ether oxygens (including phenoxy) is 1. The maximum Gasteiger partial charge on any atom is 0.211 e. The fourth-order valence-electron chi connectivity index (χ4n) is 3.12. The molecule has 0 aromatic rings. The second-order valence-electron chi connectivity index (χ2n) is 5.07. The van der Waals surface area contributed by atoms with E-state index in [2.05, 4.69) is 6.92 Å². The largest absolute Gasteiger partial charge is 0.380 e. The highest BCUT2D eigenvalue weighted by Crippen LogP contribution is 2.50. The predicted octanol–water partition coefficient (Wildman–Crippen LogP) is 0.693. The zero-order valence-corrected chi connectivity index (χ0v) is 10.4. The Morgan fingerprint density at radius 2 is 2.00 bits per heavy atom. The van der Waals surface area contributed by atoms with Gasteiger partial charge in [0.1, 0.15) is 0 Å². The van der Waals surface area contributed by atoms with Gasteiger partial charge in [-0.05, 0) is 18.8 Å². The van der Waals surface area contributed by atoms with E-state index in [1.54, 1.807) is 11.4 Å². The Kier molecular flexibility index (Phi) is 2.60. The van der Waals surface area contributed by atoms with E-state index in [4.69, 9.17) is 4.74 Å². The molecular weight excluding hydrogens is 214 g/mol. The molecule has 15 heavy (non-hydrogen) atoms. The molecule has 0 aromatic heterocycles. The van der Waals surface area contributed by atoms with Crippen LogP contribution >= 0.6 is 0 Å². The van der Waals surface area contributed by atoms with E-state index in [1.807, 2.05) is 0 Å². The minimum Gasteiger partial charge on any atom is -0.380 e. The Hall–Kier alpha value is -0.130. The van der Waals surface area contributed by atoms with Crippen molar-refractivity contribution in [2.75, 3.05) is 26.5 Å². The van der Waals surface area contributed by atoms with Crippen molar-refractivity contribution < 1.29 is 13.2 Å². The first-order valence-corrected chi connectivity index (χ1v) is 7.22. The van der Waals surface area contributed by atoms with Crippen molar-refractivity contribution in [3.63, 3.8) is 0 Å². The molecule has 1 aliphatic heterocycles. The summed E-state index contributed by atoms with van der Waals surface area (Å²) < 4.78 is 29.7. The van der Waals surface area contributed by atoms with Crippen molar-refractivity contribution in [1.82, 2.24) is 4.31 Å². The van der Waals surface area contributed by atoms with Crippen LogP contribution in [0.2, 0.25) is 0 Å². The highest BCUT2D eigenvalue weighted by atomic mass is 32.2. The van der Waals surface area contributed by atoms with Gasteiger partial charge in [0, 0.05) is 25.6 Å². The molecular formula is C10H19NO3S. The third-order valence-electron chi connectivity index (χ3n) is 3.92. The average Bonchev–Trinajstić information content (AvgIpc) is 2.37. The maximum atomic E-state index is 11.3. The van der Waals surface area contributed by atoms with E-state index >= 15 is 0 Å². The van der Waals surface area contributed by atoms with Crippen LogP contribution in [0.15, 0.2) is 0 Å². The minimum atomic E-state index is -3.00. The molecule has 2 fully saturated rings. The topological polar surface area (TPSA) is 46.6 Å². The Morgan fingerprint density at radius 1 is 1.40 bits per heavy atom. The van der Waals surface area contributed by atoms with Crippen LogP contribution in [-0.4, -0.2) is 45.3 Å². The molecule has 0 bridgehead atoms. The summed E-state index contributed by atoms with van der Waals surface area (Å²) in [6.45, 7) is 3.48. The van der Waals surface area contributed by atoms with Crippen LogP contribution in [0.25, 0.3) is 0 Å². The molecule has 2 rings (SSSR count). The van der Waals surface area contributed by atoms with Crippen molar-refractivity contribution in [2.24, 2.45) is 11.3 Å². The van der Waals surface area contributed by atoms with Gasteiger partial charge in [-0.2, -0.15) is 0 Å². The Labute approximate surface area is 91.6 Å². The number of hydrogen-bond donors (Lipinski definition) is 0. The van der Waals surface area contributed by atoms with Crippen LogP contribution in [0.3, 0.4) is 0 Å². The van der Waals surface area contributed by atoms with Gasteiger partial charge in [-0.3, -0.25) is 0 Å². The maximum absolute atomic E-state index is 11.3. The summed E-state index contributed by atoms with van der Waals surface area (Å²) in [5, 5.41) is 0. The smallest absolute Gasteiger partial charge is 0.211 e. The molecule has 2 unspecified atom stereocenters. The van der Waals surface area contributed by atoms with Crippen LogP contribution < -0.4 is 0 Å². The van der Waals surface area contributed by atoms with E-state index in [9.17, 15) is 8.42 Å². The minimum absolute atomic E-state index is 0.108. The van der Waals surface area contributed by atoms with E-state index in [1.165, 1.54) is 6.26 Å². The summed E-state index contributed by atoms with van der Waals surface area (Å²) >= 11 is 0. The third kappa shape index (κ3) is 1.70. The molecule has 0 radical (unpaired) electrons. The number of rotatable bonds is 2. The summed E-state index contributed by atoms with van der Waals surface area (Å²) in [6.07, 6.45) is 3.75. The van der Waals surface area contributed by atoms with Crippen LogP contribution in [0, 0.1) is 11.3 Å². The lowest BCUT2D eigenvalue weighted by Gasteiger charge is -2.50. The molecule has 1 saturated heterocycles. The molecule has 2 atom stereocenters. The van der Waals surface area contributed by atoms with Crippen molar-refractivity contribution in [3.05, 3.63) is 0 Å². The zero-order chi connectivity index (χ0) is 11.3. The first-order valence-electron chi connectivity index (χ1n) is 5.37. The lowest BCUT2D eigenvalue weighted by Crippen LogP contribution is -2.62. The molecule has 0 aromatic carbocycles. The fourth-order valence-corrected chi connectivity index (χ4v) is 4.11. The summed E-state index contributed by atoms with van der Waals surface area (Å²) in [4.78, 5) is 0. The van der Waals surface area contributed by atoms with E-state index < -0.39 is 10.0 Å². The van der Waals surface area contributed by atoms with E-state index in [-0.39, 0.29) is 11.5 Å². The quantitative estimate of drug-likeness (QED) is 0.705. The summed E-state index contributed by atoms with van der Waals surface area (Å²) in [6, 6.07) is 0. The van der Waals surface area contributed by atoms with Crippen LogP contribution in [0.1, 0.15) is 19.8 Å². The van der Waals surface area contributed by atoms with Crippen molar-refractivity contribution in [3.8, 4) is 0 Å². The third-order valence-corrected chi connectivity index (χ3v) is 5.12. The fraction of sp³-hybridized carbons (Fsp3) is 1.00. The molecule has 5 heteroatoms. The SMILES string of the molecule is COC1C(C)CCC12CN(S(C)(=O)=O)C2. The average molecular weight is 233 g/mol. The number of sulfonamides is 1. The van der Waals surface area contributed by atoms with Crippen molar-refractivity contribution in [1.29, 1.82) is 0 Å². The van der Waals surface area contributed by atoms with Gasteiger partial charge in [-0.25, -0.2) is 12.7 Å². The molecule has 1 spiro atoms. The van der Waals surface area contributed by atoms with Gasteiger partial charge >= 0.3 is 0 Å². The van der Waals surface area contributed by atoms with Gasteiger partial charge in [0.25, 0.3) is 0 Å². The monoisotopic (exact) mass is 233 g/mol. The van der Waals surface area contributed by atoms with Crippen molar-refractivity contribution >= 4 is 10.0 Å². The Morgan fingerprint density at radius 3 is 2.47 bits per heavy atom. The molecule has 88 valence electrons. The number of nitrogens with zero attached hydrogens (tertiary/aromatic N) is 1. The summed E-state index contributed by atoms with van der Waals surface area (Å²) in [7, 11) is -1.27. The molecule has 0 N–H and O–H groups in total. The highest BCUT2D eigenvalue weighted by Gasteiger charge is 2.56. The van der Waals surface area contributed by atoms with Crippen LogP contribution in [-0.2, 0) is 14.8 Å². The molecule has 4 nitrogen and oxygen atoms in total. The van der Waals surface area contributed by atoms with Gasteiger partial charge in [-0.15, -0.1) is 0 Å². The normalized spacial score (nSPS) is 35.7. The summed E-state index contributed by atoms with van der Waals surface area (Å²) in [5.74, 6) is 0.553. The second kappa shape index (κ2) is 3.43. The Balaban J connectivity index is 2.08. The number of methoxy groups -OCH3 is 1. The molecule has 0 amide bonds. The lowest BCUT2D eigenvalue weighted by atomic mass is 9.77. The Bertz CT molecular complexity index is 346. The van der Waals surface area contributed by atoms with Gasteiger partial charge in [-0.1, -0.05) is 6.92 Å². The molecule has 1 aliphatic carbocycles. The standard InChI is InChI=1S/C10H19NO3S/c1-8-4-5-10(9(8)14-2)6-11(7-10)15(3,12)13/h8-9H,4-7H2,1-3H3.